The van der Waals surface area contributed by atoms with Gasteiger partial charge >= 0.3 is 0 Å². The Morgan fingerprint density at radius 3 is 2.71 bits per heavy atom. The first-order valence-electron chi connectivity index (χ1n) is 7.78. The Labute approximate surface area is 124 Å². The SMILES string of the molecule is O=[N+]([O-])c1ccc(CCNC2CCOC3(CCC3)C2)cc1. The number of nitro benzene ring substituents is 1. The highest BCUT2D eigenvalue weighted by Gasteiger charge is 2.42. The molecule has 1 aliphatic carbocycles. The van der Waals surface area contributed by atoms with Crippen LogP contribution in [0.1, 0.15) is 37.7 Å². The predicted molar refractivity (Wildman–Crippen MR) is 80.4 cm³/mol. The average Bonchev–Trinajstić information content (AvgIpc) is 2.46. The summed E-state index contributed by atoms with van der Waals surface area (Å²) in [5, 5.41) is 14.2. The van der Waals surface area contributed by atoms with Gasteiger partial charge in [-0.25, -0.2) is 0 Å². The van der Waals surface area contributed by atoms with E-state index in [1.165, 1.54) is 19.3 Å². The number of hydrogen-bond acceptors (Lipinski definition) is 4. The van der Waals surface area contributed by atoms with E-state index >= 15 is 0 Å². The van der Waals surface area contributed by atoms with Crippen molar-refractivity contribution in [1.29, 1.82) is 0 Å². The summed E-state index contributed by atoms with van der Waals surface area (Å²) in [7, 11) is 0. The fourth-order valence-electron chi connectivity index (χ4n) is 3.33. The molecule has 0 radical (unpaired) electrons. The van der Waals surface area contributed by atoms with Crippen molar-refractivity contribution in [2.75, 3.05) is 13.2 Å². The highest BCUT2D eigenvalue weighted by Crippen LogP contribution is 2.42. The number of ether oxygens (including phenoxy) is 1. The lowest BCUT2D eigenvalue weighted by Gasteiger charge is -2.47. The summed E-state index contributed by atoms with van der Waals surface area (Å²) < 4.78 is 5.93. The lowest BCUT2D eigenvalue weighted by atomic mass is 9.74. The van der Waals surface area contributed by atoms with Crippen LogP contribution in [0.25, 0.3) is 0 Å². The molecule has 1 saturated heterocycles. The zero-order valence-electron chi connectivity index (χ0n) is 12.2. The molecule has 1 spiro atoms. The predicted octanol–water partition coefficient (Wildman–Crippen LogP) is 2.83. The molecule has 0 bridgehead atoms. The minimum Gasteiger partial charge on any atom is -0.375 e. The summed E-state index contributed by atoms with van der Waals surface area (Å²) >= 11 is 0. The van der Waals surface area contributed by atoms with Gasteiger partial charge in [0, 0.05) is 24.8 Å². The lowest BCUT2D eigenvalue weighted by molar-refractivity contribution is -0.384. The zero-order chi connectivity index (χ0) is 14.7. The highest BCUT2D eigenvalue weighted by atomic mass is 16.6. The van der Waals surface area contributed by atoms with Gasteiger partial charge in [-0.1, -0.05) is 12.1 Å². The van der Waals surface area contributed by atoms with E-state index in [0.717, 1.165) is 38.0 Å². The average molecular weight is 290 g/mol. The monoisotopic (exact) mass is 290 g/mol. The molecule has 1 atom stereocenters. The van der Waals surface area contributed by atoms with Crippen LogP contribution in [0.4, 0.5) is 5.69 Å². The van der Waals surface area contributed by atoms with E-state index in [0.29, 0.717) is 6.04 Å². The third-order valence-electron chi connectivity index (χ3n) is 4.75. The van der Waals surface area contributed by atoms with Gasteiger partial charge in [-0.15, -0.1) is 0 Å². The van der Waals surface area contributed by atoms with Gasteiger partial charge < -0.3 is 10.1 Å². The topological polar surface area (TPSA) is 64.4 Å². The summed E-state index contributed by atoms with van der Waals surface area (Å²) in [6.07, 6.45) is 6.86. The van der Waals surface area contributed by atoms with Gasteiger partial charge in [-0.05, 0) is 50.6 Å². The summed E-state index contributed by atoms with van der Waals surface area (Å²) in [5.41, 5.74) is 1.48. The fraction of sp³-hybridized carbons (Fsp3) is 0.625. The first-order chi connectivity index (χ1) is 10.2. The number of nitrogens with one attached hydrogen (secondary N) is 1. The molecule has 114 valence electrons. The van der Waals surface area contributed by atoms with Crippen molar-refractivity contribution < 1.29 is 9.66 Å². The Hall–Kier alpha value is -1.46. The van der Waals surface area contributed by atoms with E-state index in [9.17, 15) is 10.1 Å². The molecule has 21 heavy (non-hydrogen) atoms. The minimum absolute atomic E-state index is 0.156. The van der Waals surface area contributed by atoms with Gasteiger partial charge in [0.15, 0.2) is 0 Å². The minimum atomic E-state index is -0.359. The van der Waals surface area contributed by atoms with Gasteiger partial charge in [0.05, 0.1) is 10.5 Å². The quantitative estimate of drug-likeness (QED) is 0.669. The maximum Gasteiger partial charge on any atom is 0.269 e. The molecule has 1 aromatic carbocycles. The van der Waals surface area contributed by atoms with E-state index in [1.807, 2.05) is 12.1 Å². The van der Waals surface area contributed by atoms with Crippen molar-refractivity contribution in [2.45, 2.75) is 50.2 Å². The van der Waals surface area contributed by atoms with Crippen LogP contribution in [0.3, 0.4) is 0 Å². The number of rotatable bonds is 5. The van der Waals surface area contributed by atoms with E-state index in [-0.39, 0.29) is 16.2 Å². The Morgan fingerprint density at radius 1 is 1.33 bits per heavy atom. The van der Waals surface area contributed by atoms with Crippen LogP contribution in [0, 0.1) is 10.1 Å². The molecule has 5 nitrogen and oxygen atoms in total. The maximum atomic E-state index is 10.6. The first-order valence-corrected chi connectivity index (χ1v) is 7.78. The summed E-state index contributed by atoms with van der Waals surface area (Å²) in [6, 6.07) is 7.39. The molecule has 2 fully saturated rings. The molecule has 3 rings (SSSR count). The van der Waals surface area contributed by atoms with Crippen LogP contribution in [0.2, 0.25) is 0 Å². The van der Waals surface area contributed by atoms with Gasteiger partial charge in [0.25, 0.3) is 5.69 Å². The van der Waals surface area contributed by atoms with Gasteiger partial charge in [-0.2, -0.15) is 0 Å². The van der Waals surface area contributed by atoms with Crippen molar-refractivity contribution >= 4 is 5.69 Å². The Morgan fingerprint density at radius 2 is 2.10 bits per heavy atom. The molecule has 0 aromatic heterocycles. The lowest BCUT2D eigenvalue weighted by Crippen LogP contribution is -2.51. The first kappa shape index (κ1) is 14.5. The molecule has 1 unspecified atom stereocenters. The van der Waals surface area contributed by atoms with Crippen LogP contribution in [0.5, 0.6) is 0 Å². The van der Waals surface area contributed by atoms with Crippen molar-refractivity contribution in [2.24, 2.45) is 0 Å². The number of nitrogens with zero attached hydrogens (tertiary/aromatic N) is 1. The molecule has 1 N–H and O–H groups in total. The number of hydrogen-bond donors (Lipinski definition) is 1. The second-order valence-electron chi connectivity index (χ2n) is 6.20. The molecule has 5 heteroatoms. The van der Waals surface area contributed by atoms with Crippen molar-refractivity contribution in [3.63, 3.8) is 0 Å². The zero-order valence-corrected chi connectivity index (χ0v) is 12.2. The van der Waals surface area contributed by atoms with Gasteiger partial charge in [0.2, 0.25) is 0 Å². The second kappa shape index (κ2) is 6.12. The van der Waals surface area contributed by atoms with Gasteiger partial charge in [-0.3, -0.25) is 10.1 Å². The van der Waals surface area contributed by atoms with Crippen molar-refractivity contribution in [1.82, 2.24) is 5.32 Å². The Kier molecular flexibility index (Phi) is 4.22. The van der Waals surface area contributed by atoms with Gasteiger partial charge in [0.1, 0.15) is 0 Å². The molecule has 1 aromatic rings. The van der Waals surface area contributed by atoms with Crippen LogP contribution in [0.15, 0.2) is 24.3 Å². The second-order valence-corrected chi connectivity index (χ2v) is 6.20. The number of nitro groups is 1. The molecule has 1 heterocycles. The van der Waals surface area contributed by atoms with Crippen LogP contribution < -0.4 is 5.32 Å². The normalized spacial score (nSPS) is 23.7. The molecule has 1 aliphatic heterocycles. The van der Waals surface area contributed by atoms with E-state index in [1.54, 1.807) is 12.1 Å². The van der Waals surface area contributed by atoms with E-state index in [2.05, 4.69) is 5.32 Å². The standard InChI is InChI=1S/C16H22N2O3/c19-18(20)15-4-2-13(3-5-15)6-10-17-14-7-11-21-16(12-14)8-1-9-16/h2-5,14,17H,1,6-12H2. The largest absolute Gasteiger partial charge is 0.375 e. The molecule has 2 aliphatic rings. The molecule has 1 saturated carbocycles. The van der Waals surface area contributed by atoms with Crippen molar-refractivity contribution in [3.8, 4) is 0 Å². The van der Waals surface area contributed by atoms with E-state index in [4.69, 9.17) is 4.74 Å². The maximum absolute atomic E-state index is 10.6. The van der Waals surface area contributed by atoms with Crippen LogP contribution in [-0.4, -0.2) is 29.7 Å². The molecular weight excluding hydrogens is 268 g/mol. The third-order valence-corrected chi connectivity index (χ3v) is 4.75. The number of non-ortho nitro benzene ring substituents is 1. The van der Waals surface area contributed by atoms with Crippen molar-refractivity contribution in [3.05, 3.63) is 39.9 Å². The molecular formula is C16H22N2O3. The Bertz CT molecular complexity index is 497. The molecule has 0 amide bonds. The summed E-state index contributed by atoms with van der Waals surface area (Å²) in [5.74, 6) is 0. The smallest absolute Gasteiger partial charge is 0.269 e. The third kappa shape index (κ3) is 3.41. The summed E-state index contributed by atoms with van der Waals surface area (Å²) in [4.78, 5) is 10.3. The van der Waals surface area contributed by atoms with E-state index < -0.39 is 0 Å². The Balaban J connectivity index is 1.44. The number of benzene rings is 1. The fourth-order valence-corrected chi connectivity index (χ4v) is 3.33. The summed E-state index contributed by atoms with van der Waals surface area (Å²) in [6.45, 7) is 1.79. The van der Waals surface area contributed by atoms with Crippen LogP contribution >= 0.6 is 0 Å². The highest BCUT2D eigenvalue weighted by molar-refractivity contribution is 5.32. The van der Waals surface area contributed by atoms with Crippen LogP contribution in [-0.2, 0) is 11.2 Å².